The number of nitro benzene ring substituents is 1. The number of hydrogen-bond donors (Lipinski definition) is 0. The molecule has 0 saturated heterocycles. The molecule has 2 aromatic rings. The Bertz CT molecular complexity index is 715. The maximum absolute atomic E-state index is 12.6. The Kier molecular flexibility index (Phi) is 3.13. The third-order valence-electron chi connectivity index (χ3n) is 3.64. The van der Waals surface area contributed by atoms with Gasteiger partial charge in [0.25, 0.3) is 11.6 Å². The molecule has 6 heteroatoms. The van der Waals surface area contributed by atoms with Gasteiger partial charge >= 0.3 is 0 Å². The van der Waals surface area contributed by atoms with Crippen LogP contribution in [0.4, 0.5) is 11.4 Å². The van der Waals surface area contributed by atoms with E-state index in [0.29, 0.717) is 12.0 Å². The number of non-ortho nitro benzene ring substituents is 1. The minimum atomic E-state index is -0.418. The molecule has 6 nitrogen and oxygen atoms in total. The van der Waals surface area contributed by atoms with Gasteiger partial charge in [-0.05, 0) is 37.1 Å². The zero-order valence-electron chi connectivity index (χ0n) is 11.4. The Morgan fingerprint density at radius 2 is 2.05 bits per heavy atom. The summed E-state index contributed by atoms with van der Waals surface area (Å²) in [5.41, 5.74) is 2.19. The SMILES string of the molecule is C[C@@H]1Cc2cc([N+](=O)[O-])ccc2N1C(=O)c1ccncc1. The summed E-state index contributed by atoms with van der Waals surface area (Å²) in [5.74, 6) is -0.113. The van der Waals surface area contributed by atoms with Gasteiger partial charge in [0.2, 0.25) is 0 Å². The van der Waals surface area contributed by atoms with Crippen molar-refractivity contribution < 1.29 is 9.72 Å². The Hall–Kier alpha value is -2.76. The first-order valence-corrected chi connectivity index (χ1v) is 6.59. The Morgan fingerprint density at radius 1 is 1.33 bits per heavy atom. The Labute approximate surface area is 121 Å². The van der Waals surface area contributed by atoms with E-state index < -0.39 is 4.92 Å². The number of aromatic nitrogens is 1. The highest BCUT2D eigenvalue weighted by atomic mass is 16.6. The molecule has 21 heavy (non-hydrogen) atoms. The van der Waals surface area contributed by atoms with Crippen LogP contribution in [0.25, 0.3) is 0 Å². The first-order chi connectivity index (χ1) is 10.1. The van der Waals surface area contributed by atoms with Crippen LogP contribution in [0.1, 0.15) is 22.8 Å². The highest BCUT2D eigenvalue weighted by molar-refractivity contribution is 6.07. The Balaban J connectivity index is 1.99. The van der Waals surface area contributed by atoms with Gasteiger partial charge in [0.15, 0.2) is 0 Å². The molecule has 1 aromatic heterocycles. The van der Waals surface area contributed by atoms with E-state index in [2.05, 4.69) is 4.98 Å². The maximum atomic E-state index is 12.6. The number of rotatable bonds is 2. The topological polar surface area (TPSA) is 76.3 Å². The molecular weight excluding hydrogens is 270 g/mol. The smallest absolute Gasteiger partial charge is 0.269 e. The van der Waals surface area contributed by atoms with Gasteiger partial charge in [0.1, 0.15) is 0 Å². The van der Waals surface area contributed by atoms with Crippen LogP contribution in [0.2, 0.25) is 0 Å². The molecule has 1 atom stereocenters. The third-order valence-corrected chi connectivity index (χ3v) is 3.64. The summed E-state index contributed by atoms with van der Waals surface area (Å²) in [7, 11) is 0. The largest absolute Gasteiger partial charge is 0.305 e. The molecule has 0 spiro atoms. The van der Waals surface area contributed by atoms with Crippen LogP contribution >= 0.6 is 0 Å². The highest BCUT2D eigenvalue weighted by Crippen LogP contribution is 2.35. The predicted octanol–water partition coefficient (Wildman–Crippen LogP) is 2.58. The molecule has 3 rings (SSSR count). The molecule has 0 aliphatic carbocycles. The predicted molar refractivity (Wildman–Crippen MR) is 77.3 cm³/mol. The van der Waals surface area contributed by atoms with Crippen molar-refractivity contribution in [3.05, 3.63) is 64.0 Å². The van der Waals surface area contributed by atoms with Gasteiger partial charge in [-0.2, -0.15) is 0 Å². The molecule has 0 fully saturated rings. The number of carbonyl (C=O) groups excluding carboxylic acids is 1. The van der Waals surface area contributed by atoms with E-state index in [-0.39, 0.29) is 17.6 Å². The Morgan fingerprint density at radius 3 is 2.71 bits per heavy atom. The van der Waals surface area contributed by atoms with E-state index >= 15 is 0 Å². The first-order valence-electron chi connectivity index (χ1n) is 6.59. The summed E-state index contributed by atoms with van der Waals surface area (Å²) < 4.78 is 0. The molecule has 0 saturated carbocycles. The first kappa shape index (κ1) is 13.2. The molecule has 0 bridgehead atoms. The van der Waals surface area contributed by atoms with Crippen molar-refractivity contribution in [1.29, 1.82) is 0 Å². The molecule has 1 aliphatic heterocycles. The summed E-state index contributed by atoms with van der Waals surface area (Å²) in [6, 6.07) is 7.94. The minimum absolute atomic E-state index is 0.0253. The van der Waals surface area contributed by atoms with Gasteiger partial charge in [0.05, 0.1) is 4.92 Å². The van der Waals surface area contributed by atoms with Crippen molar-refractivity contribution in [2.45, 2.75) is 19.4 Å². The average Bonchev–Trinajstić information content (AvgIpc) is 2.82. The molecule has 0 radical (unpaired) electrons. The average molecular weight is 283 g/mol. The van der Waals surface area contributed by atoms with Crippen LogP contribution < -0.4 is 4.90 Å². The van der Waals surface area contributed by atoms with Crippen molar-refractivity contribution >= 4 is 17.3 Å². The van der Waals surface area contributed by atoms with Crippen LogP contribution in [0, 0.1) is 10.1 Å². The number of hydrogen-bond acceptors (Lipinski definition) is 4. The number of pyridine rings is 1. The molecular formula is C15H13N3O3. The number of anilines is 1. The molecule has 106 valence electrons. The molecule has 0 unspecified atom stereocenters. The van der Waals surface area contributed by atoms with Crippen LogP contribution in [-0.2, 0) is 6.42 Å². The highest BCUT2D eigenvalue weighted by Gasteiger charge is 2.32. The summed E-state index contributed by atoms with van der Waals surface area (Å²) in [6.07, 6.45) is 3.77. The van der Waals surface area contributed by atoms with E-state index in [4.69, 9.17) is 0 Å². The number of nitrogens with zero attached hydrogens (tertiary/aromatic N) is 3. The summed E-state index contributed by atoms with van der Waals surface area (Å²) in [6.45, 7) is 1.94. The van der Waals surface area contributed by atoms with Crippen molar-refractivity contribution in [2.75, 3.05) is 4.90 Å². The van der Waals surface area contributed by atoms with Crippen LogP contribution in [0.5, 0.6) is 0 Å². The van der Waals surface area contributed by atoms with E-state index in [9.17, 15) is 14.9 Å². The second kappa shape index (κ2) is 4.97. The van der Waals surface area contributed by atoms with Gasteiger partial charge < -0.3 is 4.90 Å². The number of benzene rings is 1. The zero-order valence-corrected chi connectivity index (χ0v) is 11.4. The van der Waals surface area contributed by atoms with Crippen LogP contribution in [0.3, 0.4) is 0 Å². The minimum Gasteiger partial charge on any atom is -0.305 e. The molecule has 2 heterocycles. The quantitative estimate of drug-likeness (QED) is 0.627. The lowest BCUT2D eigenvalue weighted by Gasteiger charge is -2.22. The lowest BCUT2D eigenvalue weighted by atomic mass is 10.1. The van der Waals surface area contributed by atoms with Gasteiger partial charge in [0, 0.05) is 41.8 Å². The van der Waals surface area contributed by atoms with E-state index in [1.165, 1.54) is 6.07 Å². The van der Waals surface area contributed by atoms with Crippen LogP contribution in [0.15, 0.2) is 42.7 Å². The number of fused-ring (bicyclic) bond motifs is 1. The normalized spacial score (nSPS) is 16.6. The summed E-state index contributed by atoms with van der Waals surface area (Å²) >= 11 is 0. The fourth-order valence-corrected chi connectivity index (χ4v) is 2.67. The monoisotopic (exact) mass is 283 g/mol. The molecule has 0 N–H and O–H groups in total. The van der Waals surface area contributed by atoms with E-state index in [1.807, 2.05) is 6.92 Å². The van der Waals surface area contributed by atoms with E-state index in [0.717, 1.165) is 11.3 Å². The molecule has 1 amide bonds. The zero-order chi connectivity index (χ0) is 15.0. The second-order valence-electron chi connectivity index (χ2n) is 5.03. The van der Waals surface area contributed by atoms with Crippen molar-refractivity contribution in [2.24, 2.45) is 0 Å². The standard InChI is InChI=1S/C15H13N3O3/c1-10-8-12-9-13(18(20)21)2-3-14(12)17(10)15(19)11-4-6-16-7-5-11/h2-7,9-10H,8H2,1H3/t10-/m1/s1. The lowest BCUT2D eigenvalue weighted by Crippen LogP contribution is -2.35. The van der Waals surface area contributed by atoms with Gasteiger partial charge in [-0.3, -0.25) is 19.9 Å². The van der Waals surface area contributed by atoms with Crippen molar-refractivity contribution in [3.63, 3.8) is 0 Å². The molecule has 1 aliphatic rings. The van der Waals surface area contributed by atoms with Gasteiger partial charge in [-0.25, -0.2) is 0 Å². The maximum Gasteiger partial charge on any atom is 0.269 e. The number of nitro groups is 1. The van der Waals surface area contributed by atoms with Crippen molar-refractivity contribution in [3.8, 4) is 0 Å². The fourth-order valence-electron chi connectivity index (χ4n) is 2.67. The summed E-state index contributed by atoms with van der Waals surface area (Å²) in [5, 5.41) is 10.8. The third kappa shape index (κ3) is 2.24. The second-order valence-corrected chi connectivity index (χ2v) is 5.03. The van der Waals surface area contributed by atoms with Crippen molar-refractivity contribution in [1.82, 2.24) is 4.98 Å². The fraction of sp³-hybridized carbons (Fsp3) is 0.200. The van der Waals surface area contributed by atoms with Gasteiger partial charge in [-0.15, -0.1) is 0 Å². The van der Waals surface area contributed by atoms with E-state index in [1.54, 1.807) is 41.6 Å². The van der Waals surface area contributed by atoms with Crippen LogP contribution in [-0.4, -0.2) is 21.9 Å². The number of amides is 1. The number of carbonyl (C=O) groups is 1. The lowest BCUT2D eigenvalue weighted by molar-refractivity contribution is -0.384. The molecule has 1 aromatic carbocycles. The summed E-state index contributed by atoms with van der Waals surface area (Å²) in [4.78, 5) is 28.6. The van der Waals surface area contributed by atoms with Gasteiger partial charge in [-0.1, -0.05) is 0 Å².